The number of fused-ring (bicyclic) bond motifs is 2. The molecule has 0 fully saturated rings. The third-order valence-electron chi connectivity index (χ3n) is 9.80. The van der Waals surface area contributed by atoms with Gasteiger partial charge in [-0.15, -0.1) is 0 Å². The van der Waals surface area contributed by atoms with Crippen LogP contribution in [0.3, 0.4) is 0 Å². The minimum absolute atomic E-state index is 0.144. The van der Waals surface area contributed by atoms with Gasteiger partial charge in [-0.3, -0.25) is 0 Å². The third kappa shape index (κ3) is 4.85. The molecular weight excluding hydrogens is 642 g/mol. The molecule has 6 heteroatoms. The van der Waals surface area contributed by atoms with Crippen LogP contribution in [0, 0.1) is 0 Å². The van der Waals surface area contributed by atoms with E-state index in [1.807, 2.05) is 42.5 Å². The monoisotopic (exact) mass is 666 g/mol. The van der Waals surface area contributed by atoms with Crippen LogP contribution in [0.15, 0.2) is 146 Å². The fourth-order valence-corrected chi connectivity index (χ4v) is 7.45. The number of hydrogen-bond acceptors (Lipinski definition) is 0. The fraction of sp³-hybridized carbons (Fsp3) is 0.0455. The molecule has 0 bridgehead atoms. The summed E-state index contributed by atoms with van der Waals surface area (Å²) in [6.07, 6.45) is -9.91. The van der Waals surface area contributed by atoms with Crippen LogP contribution < -0.4 is 0 Å². The molecule has 242 valence electrons. The van der Waals surface area contributed by atoms with Gasteiger partial charge in [0.2, 0.25) is 0 Å². The first-order chi connectivity index (χ1) is 24.0. The molecule has 0 aliphatic carbocycles. The smallest absolute Gasteiger partial charge is 0.166 e. The molecule has 0 aromatic heterocycles. The summed E-state index contributed by atoms with van der Waals surface area (Å²) in [7, 11) is 0. The lowest BCUT2D eigenvalue weighted by molar-refractivity contribution is -0.143. The number of benzene rings is 9. The van der Waals surface area contributed by atoms with Crippen LogP contribution in [-0.4, -0.2) is 0 Å². The molecule has 0 heterocycles. The van der Waals surface area contributed by atoms with Gasteiger partial charge in [0.05, 0.1) is 11.1 Å². The van der Waals surface area contributed by atoms with Gasteiger partial charge in [-0.05, 0) is 124 Å². The summed E-state index contributed by atoms with van der Waals surface area (Å²) in [5, 5.41) is 9.35. The molecule has 0 nitrogen and oxygen atoms in total. The molecule has 0 aliphatic heterocycles. The predicted octanol–water partition coefficient (Wildman–Crippen LogP) is 13.9. The zero-order valence-corrected chi connectivity index (χ0v) is 26.1. The minimum Gasteiger partial charge on any atom is -0.166 e. The lowest BCUT2D eigenvalue weighted by Crippen LogP contribution is -2.11. The minimum atomic E-state index is -4.96. The Hall–Kier alpha value is -5.88. The molecule has 0 spiro atoms. The maximum absolute atomic E-state index is 13.9. The molecular formula is C44H24F6. The van der Waals surface area contributed by atoms with Gasteiger partial charge in [-0.25, -0.2) is 0 Å². The summed E-state index contributed by atoms with van der Waals surface area (Å²) in [5.74, 6) is 0. The topological polar surface area (TPSA) is 0 Å². The second-order valence-electron chi connectivity index (χ2n) is 12.8. The molecule has 9 rings (SSSR count). The van der Waals surface area contributed by atoms with E-state index in [9.17, 15) is 26.3 Å². The quantitative estimate of drug-likeness (QED) is 0.130. The van der Waals surface area contributed by atoms with E-state index in [4.69, 9.17) is 0 Å². The summed E-state index contributed by atoms with van der Waals surface area (Å²) in [6.45, 7) is 0. The Balaban J connectivity index is 1.39. The molecule has 9 aromatic rings. The largest absolute Gasteiger partial charge is 0.416 e. The Morgan fingerprint density at radius 1 is 0.300 bits per heavy atom. The highest BCUT2D eigenvalue weighted by Gasteiger charge is 2.37. The van der Waals surface area contributed by atoms with Gasteiger partial charge in [-0.1, -0.05) is 109 Å². The van der Waals surface area contributed by atoms with Crippen LogP contribution in [-0.2, 0) is 12.4 Å². The van der Waals surface area contributed by atoms with Gasteiger partial charge in [0.25, 0.3) is 0 Å². The summed E-state index contributed by atoms with van der Waals surface area (Å²) in [6, 6.07) is 44.1. The lowest BCUT2D eigenvalue weighted by atomic mass is 9.83. The van der Waals surface area contributed by atoms with E-state index in [1.165, 1.54) is 0 Å². The van der Waals surface area contributed by atoms with E-state index in [0.29, 0.717) is 10.9 Å². The highest BCUT2D eigenvalue weighted by atomic mass is 19.4. The number of rotatable bonds is 3. The Morgan fingerprint density at radius 2 is 0.740 bits per heavy atom. The van der Waals surface area contributed by atoms with Crippen molar-refractivity contribution in [3.05, 3.63) is 157 Å². The van der Waals surface area contributed by atoms with Crippen molar-refractivity contribution in [2.45, 2.75) is 12.4 Å². The van der Waals surface area contributed by atoms with Gasteiger partial charge in [0.15, 0.2) is 0 Å². The summed E-state index contributed by atoms with van der Waals surface area (Å²) in [4.78, 5) is 0. The van der Waals surface area contributed by atoms with Crippen LogP contribution >= 0.6 is 0 Å². The molecule has 0 atom stereocenters. The highest BCUT2D eigenvalue weighted by molar-refractivity contribution is 6.30. The van der Waals surface area contributed by atoms with Gasteiger partial charge in [0, 0.05) is 0 Å². The van der Waals surface area contributed by atoms with Crippen molar-refractivity contribution in [2.24, 2.45) is 0 Å². The number of alkyl halides is 6. The van der Waals surface area contributed by atoms with Gasteiger partial charge < -0.3 is 0 Å². The Kier molecular flexibility index (Phi) is 6.53. The summed E-state index contributed by atoms with van der Waals surface area (Å²) < 4.78 is 83.6. The molecule has 0 saturated heterocycles. The standard InChI is InChI=1S/C44H24F6/c45-43(46,47)33-21-32(22-34(23-33)44(48,49)50)35-15-13-27-14-16-37-39(30-11-9-25-5-1-3-7-28(25)19-30)24-40(38-18-17-36(35)41(27)42(37)38)31-12-10-26-6-2-4-8-29(26)20-31/h1-24H. The van der Waals surface area contributed by atoms with E-state index in [1.54, 1.807) is 12.1 Å². The SMILES string of the molecule is FC(F)(F)c1cc(-c2ccc3ccc4c(-c5ccc6ccccc6c5)cc(-c5ccc6ccccc6c5)c5ccc2c3c45)cc(C(F)(F)F)c1. The molecule has 0 saturated carbocycles. The van der Waals surface area contributed by atoms with Gasteiger partial charge in [0.1, 0.15) is 0 Å². The third-order valence-corrected chi connectivity index (χ3v) is 9.80. The average molecular weight is 667 g/mol. The Bertz CT molecular complexity index is 2660. The number of hydrogen-bond donors (Lipinski definition) is 0. The molecule has 0 radical (unpaired) electrons. The maximum atomic E-state index is 13.9. The van der Waals surface area contributed by atoms with Crippen molar-refractivity contribution < 1.29 is 26.3 Å². The molecule has 9 aromatic carbocycles. The van der Waals surface area contributed by atoms with E-state index in [-0.39, 0.29) is 11.6 Å². The van der Waals surface area contributed by atoms with Crippen molar-refractivity contribution >= 4 is 53.9 Å². The molecule has 50 heavy (non-hydrogen) atoms. The second kappa shape index (κ2) is 10.8. The summed E-state index contributed by atoms with van der Waals surface area (Å²) in [5.41, 5.74) is 1.42. The Morgan fingerprint density at radius 3 is 1.26 bits per heavy atom. The Labute approximate surface area is 282 Å². The molecule has 0 amide bonds. The average Bonchev–Trinajstić information content (AvgIpc) is 3.12. The molecule has 0 unspecified atom stereocenters. The number of halogens is 6. The van der Waals surface area contributed by atoms with Gasteiger partial charge >= 0.3 is 12.4 Å². The summed E-state index contributed by atoms with van der Waals surface area (Å²) >= 11 is 0. The first-order valence-corrected chi connectivity index (χ1v) is 16.1. The second-order valence-corrected chi connectivity index (χ2v) is 12.8. The molecule has 0 N–H and O–H groups in total. The van der Waals surface area contributed by atoms with Crippen LogP contribution in [0.5, 0.6) is 0 Å². The highest BCUT2D eigenvalue weighted by Crippen LogP contribution is 2.47. The van der Waals surface area contributed by atoms with Crippen molar-refractivity contribution in [1.82, 2.24) is 0 Å². The van der Waals surface area contributed by atoms with Crippen LogP contribution in [0.1, 0.15) is 11.1 Å². The zero-order chi connectivity index (χ0) is 34.4. The van der Waals surface area contributed by atoms with Crippen molar-refractivity contribution in [1.29, 1.82) is 0 Å². The first-order valence-electron chi connectivity index (χ1n) is 16.1. The van der Waals surface area contributed by atoms with Crippen LogP contribution in [0.4, 0.5) is 26.3 Å². The van der Waals surface area contributed by atoms with E-state index in [2.05, 4.69) is 72.8 Å². The first kappa shape index (κ1) is 30.2. The van der Waals surface area contributed by atoms with E-state index >= 15 is 0 Å². The predicted molar refractivity (Wildman–Crippen MR) is 191 cm³/mol. The molecule has 0 aliphatic rings. The van der Waals surface area contributed by atoms with Crippen molar-refractivity contribution in [2.75, 3.05) is 0 Å². The fourth-order valence-electron chi connectivity index (χ4n) is 7.45. The zero-order valence-electron chi connectivity index (χ0n) is 26.1. The van der Waals surface area contributed by atoms with Gasteiger partial charge in [-0.2, -0.15) is 26.3 Å². The lowest BCUT2D eigenvalue weighted by Gasteiger charge is -2.20. The van der Waals surface area contributed by atoms with Crippen LogP contribution in [0.2, 0.25) is 0 Å². The van der Waals surface area contributed by atoms with Crippen molar-refractivity contribution in [3.8, 4) is 33.4 Å². The maximum Gasteiger partial charge on any atom is 0.416 e. The van der Waals surface area contributed by atoms with Crippen LogP contribution in [0.25, 0.3) is 87.2 Å². The normalized spacial score (nSPS) is 12.6. The van der Waals surface area contributed by atoms with E-state index in [0.717, 1.165) is 82.9 Å². The van der Waals surface area contributed by atoms with Crippen molar-refractivity contribution in [3.63, 3.8) is 0 Å². The van der Waals surface area contributed by atoms with E-state index < -0.39 is 23.5 Å².